The lowest BCUT2D eigenvalue weighted by molar-refractivity contribution is -0.138. The molecule has 6 nitrogen and oxygen atoms in total. The minimum atomic E-state index is -1.05. The van der Waals surface area contributed by atoms with Crippen molar-refractivity contribution in [2.45, 2.75) is 18.9 Å². The lowest BCUT2D eigenvalue weighted by atomic mass is 10.1. The highest BCUT2D eigenvalue weighted by atomic mass is 16.5. The van der Waals surface area contributed by atoms with E-state index in [4.69, 9.17) is 15.6 Å². The Hall–Kier alpha value is -2.08. The molecule has 1 unspecified atom stereocenters. The number of amides is 1. The van der Waals surface area contributed by atoms with Crippen LogP contribution in [0.2, 0.25) is 0 Å². The Morgan fingerprint density at radius 2 is 2.32 bits per heavy atom. The molecule has 0 saturated carbocycles. The molecule has 102 valence electrons. The van der Waals surface area contributed by atoms with E-state index in [1.807, 2.05) is 0 Å². The Morgan fingerprint density at radius 3 is 3.00 bits per heavy atom. The summed E-state index contributed by atoms with van der Waals surface area (Å²) in [6.07, 6.45) is 0.541. The minimum absolute atomic E-state index is 0.0292. The smallest absolute Gasteiger partial charge is 0.320 e. The maximum atomic E-state index is 11.7. The fourth-order valence-electron chi connectivity index (χ4n) is 1.97. The van der Waals surface area contributed by atoms with Crippen molar-refractivity contribution < 1.29 is 19.4 Å². The van der Waals surface area contributed by atoms with Crippen LogP contribution in [0.4, 0.5) is 5.69 Å². The molecule has 0 aliphatic carbocycles. The quantitative estimate of drug-likeness (QED) is 0.823. The SMILES string of the molecule is CN1C(=O)CCOc2ccc(CC(N)C(=O)O)cc21. The van der Waals surface area contributed by atoms with Crippen molar-refractivity contribution in [3.63, 3.8) is 0 Å². The molecular formula is C13H16N2O4. The van der Waals surface area contributed by atoms with E-state index in [9.17, 15) is 9.59 Å². The third kappa shape index (κ3) is 2.85. The third-order valence-electron chi connectivity index (χ3n) is 3.11. The highest BCUT2D eigenvalue weighted by molar-refractivity contribution is 5.95. The Labute approximate surface area is 110 Å². The Bertz CT molecular complexity index is 515. The number of aliphatic carboxylic acids is 1. The molecule has 2 rings (SSSR count). The van der Waals surface area contributed by atoms with Gasteiger partial charge in [-0.15, -0.1) is 0 Å². The summed E-state index contributed by atoms with van der Waals surface area (Å²) in [6.45, 7) is 0.351. The van der Waals surface area contributed by atoms with Crippen molar-refractivity contribution in [1.82, 2.24) is 0 Å². The number of ether oxygens (including phenoxy) is 1. The molecule has 1 aromatic carbocycles. The topological polar surface area (TPSA) is 92.9 Å². The average molecular weight is 264 g/mol. The molecule has 0 spiro atoms. The van der Waals surface area contributed by atoms with Crippen molar-refractivity contribution in [2.75, 3.05) is 18.6 Å². The van der Waals surface area contributed by atoms with Crippen LogP contribution in [-0.2, 0) is 16.0 Å². The second-order valence-corrected chi connectivity index (χ2v) is 4.50. The van der Waals surface area contributed by atoms with Crippen LogP contribution >= 0.6 is 0 Å². The summed E-state index contributed by atoms with van der Waals surface area (Å²) in [7, 11) is 1.68. The standard InChI is InChI=1S/C13H16N2O4/c1-15-10-7-8(6-9(14)13(17)18)2-3-11(10)19-5-4-12(15)16/h2-3,7,9H,4-6,14H2,1H3,(H,17,18). The lowest BCUT2D eigenvalue weighted by Crippen LogP contribution is -2.32. The predicted octanol–water partition coefficient (Wildman–Crippen LogP) is 0.386. The first-order valence-electron chi connectivity index (χ1n) is 5.99. The van der Waals surface area contributed by atoms with E-state index in [-0.39, 0.29) is 12.3 Å². The Morgan fingerprint density at radius 1 is 1.58 bits per heavy atom. The van der Waals surface area contributed by atoms with Gasteiger partial charge in [-0.05, 0) is 24.1 Å². The van der Waals surface area contributed by atoms with Gasteiger partial charge in [-0.1, -0.05) is 6.07 Å². The third-order valence-corrected chi connectivity index (χ3v) is 3.11. The van der Waals surface area contributed by atoms with Gasteiger partial charge in [0.2, 0.25) is 5.91 Å². The van der Waals surface area contributed by atoms with Crippen LogP contribution < -0.4 is 15.4 Å². The van der Waals surface area contributed by atoms with Crippen molar-refractivity contribution in [3.05, 3.63) is 23.8 Å². The van der Waals surface area contributed by atoms with Gasteiger partial charge in [-0.25, -0.2) is 0 Å². The van der Waals surface area contributed by atoms with Crippen LogP contribution in [-0.4, -0.2) is 36.7 Å². The molecule has 1 aliphatic rings. The van der Waals surface area contributed by atoms with E-state index in [0.717, 1.165) is 5.56 Å². The van der Waals surface area contributed by atoms with Crippen LogP contribution in [0.25, 0.3) is 0 Å². The van der Waals surface area contributed by atoms with Gasteiger partial charge in [-0.2, -0.15) is 0 Å². The van der Waals surface area contributed by atoms with Gasteiger partial charge in [0, 0.05) is 7.05 Å². The number of hydrogen-bond donors (Lipinski definition) is 2. The highest BCUT2D eigenvalue weighted by Crippen LogP contribution is 2.31. The fraction of sp³-hybridized carbons (Fsp3) is 0.385. The highest BCUT2D eigenvalue weighted by Gasteiger charge is 2.21. The number of carbonyl (C=O) groups excluding carboxylic acids is 1. The van der Waals surface area contributed by atoms with Crippen molar-refractivity contribution in [3.8, 4) is 5.75 Å². The number of anilines is 1. The number of nitrogens with zero attached hydrogens (tertiary/aromatic N) is 1. The number of hydrogen-bond acceptors (Lipinski definition) is 4. The van der Waals surface area contributed by atoms with Gasteiger partial charge in [0.15, 0.2) is 0 Å². The molecule has 0 aromatic heterocycles. The van der Waals surface area contributed by atoms with Crippen molar-refractivity contribution >= 4 is 17.6 Å². The number of nitrogens with two attached hydrogens (primary N) is 1. The first-order chi connectivity index (χ1) is 8.99. The molecule has 1 heterocycles. The number of carbonyl (C=O) groups is 2. The monoisotopic (exact) mass is 264 g/mol. The first-order valence-corrected chi connectivity index (χ1v) is 5.99. The number of rotatable bonds is 3. The maximum Gasteiger partial charge on any atom is 0.320 e. The molecule has 19 heavy (non-hydrogen) atoms. The average Bonchev–Trinajstić information content (AvgIpc) is 2.51. The summed E-state index contributed by atoms with van der Waals surface area (Å²) >= 11 is 0. The number of carboxylic acid groups (broad SMARTS) is 1. The largest absolute Gasteiger partial charge is 0.491 e. The summed E-state index contributed by atoms with van der Waals surface area (Å²) in [6, 6.07) is 4.31. The Balaban J connectivity index is 2.29. The van der Waals surface area contributed by atoms with Crippen LogP contribution in [0.3, 0.4) is 0 Å². The first kappa shape index (κ1) is 13.4. The molecule has 1 atom stereocenters. The lowest BCUT2D eigenvalue weighted by Gasteiger charge is -2.17. The van der Waals surface area contributed by atoms with Gasteiger partial charge in [0.05, 0.1) is 18.7 Å². The molecule has 6 heteroatoms. The maximum absolute atomic E-state index is 11.7. The van der Waals surface area contributed by atoms with E-state index >= 15 is 0 Å². The number of carboxylic acids is 1. The molecule has 3 N–H and O–H groups in total. The van der Waals surface area contributed by atoms with E-state index in [1.54, 1.807) is 25.2 Å². The summed E-state index contributed by atoms with van der Waals surface area (Å²) in [5.74, 6) is -0.449. The summed E-state index contributed by atoms with van der Waals surface area (Å²) in [5.41, 5.74) is 6.92. The second kappa shape index (κ2) is 5.27. The number of fused-ring (bicyclic) bond motifs is 1. The molecule has 0 radical (unpaired) electrons. The summed E-state index contributed by atoms with van der Waals surface area (Å²) in [4.78, 5) is 24.0. The van der Waals surface area contributed by atoms with Gasteiger partial charge >= 0.3 is 5.97 Å². The van der Waals surface area contributed by atoms with Gasteiger partial charge < -0.3 is 20.5 Å². The van der Waals surface area contributed by atoms with E-state index in [0.29, 0.717) is 24.5 Å². The van der Waals surface area contributed by atoms with Crippen molar-refractivity contribution in [1.29, 1.82) is 0 Å². The molecule has 0 saturated heterocycles. The fourth-order valence-corrected chi connectivity index (χ4v) is 1.97. The van der Waals surface area contributed by atoms with Crippen molar-refractivity contribution in [2.24, 2.45) is 5.73 Å². The van der Waals surface area contributed by atoms with Crippen LogP contribution in [0.5, 0.6) is 5.75 Å². The summed E-state index contributed by atoms with van der Waals surface area (Å²) in [5, 5.41) is 8.81. The van der Waals surface area contributed by atoms with Crippen LogP contribution in [0.1, 0.15) is 12.0 Å². The Kier molecular flexibility index (Phi) is 3.71. The molecular weight excluding hydrogens is 248 g/mol. The zero-order valence-corrected chi connectivity index (χ0v) is 10.6. The van der Waals surface area contributed by atoms with Crippen LogP contribution in [0, 0.1) is 0 Å². The molecule has 1 amide bonds. The summed E-state index contributed by atoms with van der Waals surface area (Å²) < 4.78 is 5.49. The van der Waals surface area contributed by atoms with Gasteiger partial charge in [0.25, 0.3) is 0 Å². The van der Waals surface area contributed by atoms with Crippen LogP contribution in [0.15, 0.2) is 18.2 Å². The minimum Gasteiger partial charge on any atom is -0.491 e. The normalized spacial score (nSPS) is 16.3. The van der Waals surface area contributed by atoms with E-state index < -0.39 is 12.0 Å². The molecule has 0 bridgehead atoms. The van der Waals surface area contributed by atoms with E-state index in [2.05, 4.69) is 0 Å². The van der Waals surface area contributed by atoms with Gasteiger partial charge in [-0.3, -0.25) is 9.59 Å². The molecule has 1 aromatic rings. The second-order valence-electron chi connectivity index (χ2n) is 4.50. The molecule has 1 aliphatic heterocycles. The zero-order chi connectivity index (χ0) is 14.0. The molecule has 0 fully saturated rings. The predicted molar refractivity (Wildman–Crippen MR) is 69.3 cm³/mol. The van der Waals surface area contributed by atoms with Gasteiger partial charge in [0.1, 0.15) is 11.8 Å². The van der Waals surface area contributed by atoms with E-state index in [1.165, 1.54) is 4.90 Å². The number of benzene rings is 1. The zero-order valence-electron chi connectivity index (χ0n) is 10.6.